The van der Waals surface area contributed by atoms with Crippen LogP contribution < -0.4 is 9.47 Å². The van der Waals surface area contributed by atoms with Crippen LogP contribution in [0.15, 0.2) is 97.1 Å². The highest BCUT2D eigenvalue weighted by atomic mass is 16.5. The first-order chi connectivity index (χ1) is 19.7. The van der Waals surface area contributed by atoms with Crippen molar-refractivity contribution in [3.63, 3.8) is 0 Å². The number of ether oxygens (including phenoxy) is 2. The summed E-state index contributed by atoms with van der Waals surface area (Å²) in [4.78, 5) is 0. The Bertz CT molecular complexity index is 1250. The SMILES string of the molecule is OCCOc1ccc(C2(c3ccc(OCCO)c(Cc4ccccc4)c3)CCCCC2)cc1Cc1ccccc1. The number of aliphatic hydroxyl groups is 2. The van der Waals surface area contributed by atoms with Crippen LogP contribution in [0.5, 0.6) is 11.5 Å². The molecule has 4 aromatic carbocycles. The molecule has 208 valence electrons. The summed E-state index contributed by atoms with van der Waals surface area (Å²) in [7, 11) is 0. The molecule has 40 heavy (non-hydrogen) atoms. The molecule has 1 aliphatic carbocycles. The van der Waals surface area contributed by atoms with E-state index in [0.29, 0.717) is 0 Å². The molecule has 0 bridgehead atoms. The minimum atomic E-state index is -0.0971. The van der Waals surface area contributed by atoms with Gasteiger partial charge in [-0.2, -0.15) is 0 Å². The summed E-state index contributed by atoms with van der Waals surface area (Å²) in [6.07, 6.45) is 7.37. The predicted octanol–water partition coefficient (Wildman–Crippen LogP) is 6.86. The van der Waals surface area contributed by atoms with E-state index in [9.17, 15) is 10.2 Å². The lowest BCUT2D eigenvalue weighted by Crippen LogP contribution is -2.31. The first-order valence-corrected chi connectivity index (χ1v) is 14.5. The van der Waals surface area contributed by atoms with Gasteiger partial charge in [-0.15, -0.1) is 0 Å². The van der Waals surface area contributed by atoms with Gasteiger partial charge in [0.1, 0.15) is 24.7 Å². The second-order valence-electron chi connectivity index (χ2n) is 10.8. The van der Waals surface area contributed by atoms with E-state index in [1.165, 1.54) is 41.5 Å². The molecule has 0 amide bonds. The quantitative estimate of drug-likeness (QED) is 0.208. The van der Waals surface area contributed by atoms with Gasteiger partial charge in [0.05, 0.1) is 13.2 Å². The van der Waals surface area contributed by atoms with Crippen molar-refractivity contribution >= 4 is 0 Å². The lowest BCUT2D eigenvalue weighted by molar-refractivity contribution is 0.200. The van der Waals surface area contributed by atoms with Gasteiger partial charge in [0, 0.05) is 18.3 Å². The van der Waals surface area contributed by atoms with Crippen molar-refractivity contribution in [3.8, 4) is 11.5 Å². The van der Waals surface area contributed by atoms with E-state index in [1.54, 1.807) is 0 Å². The zero-order valence-electron chi connectivity index (χ0n) is 23.2. The molecule has 4 nitrogen and oxygen atoms in total. The minimum Gasteiger partial charge on any atom is -0.491 e. The van der Waals surface area contributed by atoms with Gasteiger partial charge in [-0.05, 0) is 58.4 Å². The van der Waals surface area contributed by atoms with Gasteiger partial charge in [0.2, 0.25) is 0 Å². The van der Waals surface area contributed by atoms with Crippen LogP contribution in [0, 0.1) is 0 Å². The van der Waals surface area contributed by atoms with E-state index < -0.39 is 0 Å². The third kappa shape index (κ3) is 6.57. The molecule has 5 rings (SSSR count). The highest BCUT2D eigenvalue weighted by Crippen LogP contribution is 2.47. The van der Waals surface area contributed by atoms with Crippen molar-refractivity contribution in [3.05, 3.63) is 130 Å². The Morgan fingerprint density at radius 3 is 1.43 bits per heavy atom. The van der Waals surface area contributed by atoms with Crippen molar-refractivity contribution in [1.82, 2.24) is 0 Å². The number of benzene rings is 4. The lowest BCUT2D eigenvalue weighted by atomic mass is 9.64. The molecular weight excluding hydrogens is 496 g/mol. The van der Waals surface area contributed by atoms with Gasteiger partial charge in [0.25, 0.3) is 0 Å². The van der Waals surface area contributed by atoms with E-state index in [1.807, 2.05) is 12.1 Å². The van der Waals surface area contributed by atoms with E-state index in [2.05, 4.69) is 84.9 Å². The van der Waals surface area contributed by atoms with Gasteiger partial charge >= 0.3 is 0 Å². The van der Waals surface area contributed by atoms with Crippen LogP contribution in [0.1, 0.15) is 65.5 Å². The molecule has 1 aliphatic rings. The Balaban J connectivity index is 1.57. The first kappa shape index (κ1) is 27.9. The van der Waals surface area contributed by atoms with E-state index in [-0.39, 0.29) is 31.8 Å². The maximum absolute atomic E-state index is 9.42. The third-order valence-electron chi connectivity index (χ3n) is 8.11. The molecule has 0 atom stereocenters. The fraction of sp³-hybridized carbons (Fsp3) is 0.333. The fourth-order valence-corrected chi connectivity index (χ4v) is 6.15. The maximum Gasteiger partial charge on any atom is 0.122 e. The second kappa shape index (κ2) is 13.6. The normalized spacial score (nSPS) is 14.6. The van der Waals surface area contributed by atoms with Crippen molar-refractivity contribution < 1.29 is 19.7 Å². The Labute approximate surface area is 238 Å². The summed E-state index contributed by atoms with van der Waals surface area (Å²) in [5, 5.41) is 18.8. The largest absolute Gasteiger partial charge is 0.491 e. The molecule has 1 fully saturated rings. The van der Waals surface area contributed by atoms with Gasteiger partial charge in [-0.3, -0.25) is 0 Å². The molecule has 0 aliphatic heterocycles. The van der Waals surface area contributed by atoms with Crippen LogP contribution in [0.2, 0.25) is 0 Å². The summed E-state index contributed by atoms with van der Waals surface area (Å²) in [5.41, 5.74) is 7.32. The molecule has 0 spiro atoms. The zero-order chi connectivity index (χ0) is 27.6. The molecule has 0 unspecified atom stereocenters. The van der Waals surface area contributed by atoms with Crippen molar-refractivity contribution in [1.29, 1.82) is 0 Å². The molecule has 4 aromatic rings. The summed E-state index contributed by atoms with van der Waals surface area (Å²) >= 11 is 0. The summed E-state index contributed by atoms with van der Waals surface area (Å²) in [5.74, 6) is 1.68. The monoisotopic (exact) mass is 536 g/mol. The Morgan fingerprint density at radius 1 is 0.550 bits per heavy atom. The van der Waals surface area contributed by atoms with Crippen LogP contribution in [0.4, 0.5) is 0 Å². The molecule has 0 saturated heterocycles. The molecular formula is C36H40O4. The highest BCUT2D eigenvalue weighted by molar-refractivity contribution is 5.50. The van der Waals surface area contributed by atoms with Crippen molar-refractivity contribution in [2.45, 2.75) is 50.4 Å². The minimum absolute atomic E-state index is 0.00857. The van der Waals surface area contributed by atoms with E-state index in [4.69, 9.17) is 9.47 Å². The Kier molecular flexibility index (Phi) is 9.54. The molecule has 2 N–H and O–H groups in total. The molecule has 4 heteroatoms. The number of hydrogen-bond acceptors (Lipinski definition) is 4. The van der Waals surface area contributed by atoms with Crippen LogP contribution >= 0.6 is 0 Å². The van der Waals surface area contributed by atoms with Gasteiger partial charge in [-0.1, -0.05) is 104 Å². The predicted molar refractivity (Wildman–Crippen MR) is 160 cm³/mol. The highest BCUT2D eigenvalue weighted by Gasteiger charge is 2.36. The van der Waals surface area contributed by atoms with Crippen molar-refractivity contribution in [2.75, 3.05) is 26.4 Å². The Morgan fingerprint density at radius 2 is 1.00 bits per heavy atom. The maximum atomic E-state index is 9.42. The van der Waals surface area contributed by atoms with Crippen LogP contribution in [0.3, 0.4) is 0 Å². The molecule has 0 heterocycles. The smallest absolute Gasteiger partial charge is 0.122 e. The van der Waals surface area contributed by atoms with E-state index >= 15 is 0 Å². The number of hydrogen-bond donors (Lipinski definition) is 2. The summed E-state index contributed by atoms with van der Waals surface area (Å²) < 4.78 is 12.0. The van der Waals surface area contributed by atoms with Crippen LogP contribution in [-0.4, -0.2) is 36.6 Å². The lowest BCUT2D eigenvalue weighted by Gasteiger charge is -2.39. The fourth-order valence-electron chi connectivity index (χ4n) is 6.15. The number of aliphatic hydroxyl groups excluding tert-OH is 2. The van der Waals surface area contributed by atoms with Crippen molar-refractivity contribution in [2.24, 2.45) is 0 Å². The van der Waals surface area contributed by atoms with Crippen LogP contribution in [0.25, 0.3) is 0 Å². The van der Waals surface area contributed by atoms with Gasteiger partial charge in [-0.25, -0.2) is 0 Å². The first-order valence-electron chi connectivity index (χ1n) is 14.5. The average molecular weight is 537 g/mol. The Hall–Kier alpha value is -3.60. The number of rotatable bonds is 12. The summed E-state index contributed by atoms with van der Waals surface area (Å²) in [6.45, 7) is 0.547. The van der Waals surface area contributed by atoms with Crippen LogP contribution in [-0.2, 0) is 18.3 Å². The average Bonchev–Trinajstić information content (AvgIpc) is 3.01. The molecule has 0 aromatic heterocycles. The van der Waals surface area contributed by atoms with E-state index in [0.717, 1.165) is 48.3 Å². The molecule has 0 radical (unpaired) electrons. The molecule has 1 saturated carbocycles. The van der Waals surface area contributed by atoms with Gasteiger partial charge in [0.15, 0.2) is 0 Å². The third-order valence-corrected chi connectivity index (χ3v) is 8.11. The standard InChI is InChI=1S/C36H40O4/c37-20-22-39-34-16-14-32(26-30(34)24-28-10-4-1-5-11-28)36(18-8-3-9-19-36)33-15-17-35(40-23-21-38)31(27-33)25-29-12-6-2-7-13-29/h1-2,4-7,10-17,26-27,37-38H,3,8-9,18-25H2. The van der Waals surface area contributed by atoms with Gasteiger partial charge < -0.3 is 19.7 Å². The second-order valence-corrected chi connectivity index (χ2v) is 10.8. The topological polar surface area (TPSA) is 58.9 Å². The zero-order valence-corrected chi connectivity index (χ0v) is 23.2. The summed E-state index contributed by atoms with van der Waals surface area (Å²) in [6, 6.07) is 34.4.